The summed E-state index contributed by atoms with van der Waals surface area (Å²) in [6.45, 7) is 1.37. The maximum atomic E-state index is 12.6. The molecule has 0 aliphatic rings. The van der Waals surface area contributed by atoms with Crippen molar-refractivity contribution >= 4 is 17.8 Å². The molecule has 1 aromatic rings. The Morgan fingerprint density at radius 2 is 1.40 bits per heavy atom. The number of carbonyl (C=O) groups excluding carboxylic acids is 3. The van der Waals surface area contributed by atoms with Gasteiger partial charge in [0.25, 0.3) is 5.91 Å². The molecule has 1 rings (SSSR count). The van der Waals surface area contributed by atoms with Crippen LogP contribution in [0.2, 0.25) is 0 Å². The highest BCUT2D eigenvalue weighted by Crippen LogP contribution is 2.06. The minimum atomic E-state index is -1.08. The lowest BCUT2D eigenvalue weighted by Gasteiger charge is -2.20. The van der Waals surface area contributed by atoms with Crippen molar-refractivity contribution < 1.29 is 29.3 Å². The van der Waals surface area contributed by atoms with Gasteiger partial charge in [0.1, 0.15) is 12.1 Å². The molecule has 0 aliphatic carbocycles. The summed E-state index contributed by atoms with van der Waals surface area (Å²) in [7, 11) is 0. The van der Waals surface area contributed by atoms with E-state index in [1.807, 2.05) is 12.2 Å². The van der Waals surface area contributed by atoms with E-state index in [1.165, 1.54) is 12.4 Å². The lowest BCUT2D eigenvalue weighted by molar-refractivity contribution is -0.155. The van der Waals surface area contributed by atoms with Crippen molar-refractivity contribution in [2.75, 3.05) is 19.8 Å². The van der Waals surface area contributed by atoms with Crippen LogP contribution in [0.3, 0.4) is 0 Å². The van der Waals surface area contributed by atoms with Crippen LogP contribution in [0, 0.1) is 0 Å². The molecule has 2 amide bonds. The monoisotopic (exact) mass is 621 g/mol. The van der Waals surface area contributed by atoms with Gasteiger partial charge in [-0.25, -0.2) is 4.79 Å². The number of ether oxygens (including phenoxy) is 1. The van der Waals surface area contributed by atoms with Crippen LogP contribution in [0.1, 0.15) is 81.5 Å². The van der Waals surface area contributed by atoms with E-state index >= 15 is 0 Å². The molecular formula is C36H51N3O6. The van der Waals surface area contributed by atoms with E-state index < -0.39 is 37.2 Å². The Kier molecular flexibility index (Phi) is 23.8. The number of hydrogen-bond acceptors (Lipinski definition) is 7. The molecule has 0 bridgehead atoms. The average Bonchev–Trinajstić information content (AvgIpc) is 3.06. The molecule has 0 radical (unpaired) electrons. The van der Waals surface area contributed by atoms with Gasteiger partial charge in [-0.3, -0.25) is 14.6 Å². The van der Waals surface area contributed by atoms with Crippen molar-refractivity contribution in [3.8, 4) is 0 Å². The minimum absolute atomic E-state index is 0.103. The van der Waals surface area contributed by atoms with Crippen LogP contribution in [-0.4, -0.2) is 64.9 Å². The first-order chi connectivity index (χ1) is 22.0. The molecule has 4 N–H and O–H groups in total. The maximum Gasteiger partial charge on any atom is 0.329 e. The number of allylic oxidation sites excluding steroid dienone is 12. The molecule has 0 spiro atoms. The number of esters is 1. The Hall–Kier alpha value is -4.08. The number of pyridine rings is 1. The van der Waals surface area contributed by atoms with Crippen LogP contribution in [0.5, 0.6) is 0 Å². The summed E-state index contributed by atoms with van der Waals surface area (Å²) in [5.74, 6) is -1.38. The van der Waals surface area contributed by atoms with E-state index in [2.05, 4.69) is 83.3 Å². The smallest absolute Gasteiger partial charge is 0.329 e. The summed E-state index contributed by atoms with van der Waals surface area (Å²) in [4.78, 5) is 41.2. The van der Waals surface area contributed by atoms with Crippen LogP contribution in [0.15, 0.2) is 97.4 Å². The molecule has 0 aliphatic heterocycles. The largest absolute Gasteiger partial charge is 0.456 e. The summed E-state index contributed by atoms with van der Waals surface area (Å²) < 4.78 is 5.10. The van der Waals surface area contributed by atoms with Gasteiger partial charge in [0, 0.05) is 25.4 Å². The highest BCUT2D eigenvalue weighted by Gasteiger charge is 2.25. The average molecular weight is 622 g/mol. The summed E-state index contributed by atoms with van der Waals surface area (Å²) >= 11 is 0. The molecule has 246 valence electrons. The Morgan fingerprint density at radius 3 is 1.91 bits per heavy atom. The van der Waals surface area contributed by atoms with Crippen LogP contribution >= 0.6 is 0 Å². The van der Waals surface area contributed by atoms with E-state index in [9.17, 15) is 24.6 Å². The number of nitrogens with zero attached hydrogens (tertiary/aromatic N) is 1. The first kappa shape index (κ1) is 38.9. The zero-order valence-electron chi connectivity index (χ0n) is 26.6. The van der Waals surface area contributed by atoms with Crippen molar-refractivity contribution in [2.45, 2.75) is 83.3 Å². The second-order valence-corrected chi connectivity index (χ2v) is 10.1. The van der Waals surface area contributed by atoms with Gasteiger partial charge in [0.05, 0.1) is 18.8 Å². The van der Waals surface area contributed by atoms with Crippen LogP contribution < -0.4 is 10.6 Å². The second kappa shape index (κ2) is 27.5. The fourth-order valence-corrected chi connectivity index (χ4v) is 3.84. The topological polar surface area (TPSA) is 138 Å². The number of rotatable bonds is 24. The van der Waals surface area contributed by atoms with E-state index in [0.717, 1.165) is 38.5 Å². The fourth-order valence-electron chi connectivity index (χ4n) is 3.84. The van der Waals surface area contributed by atoms with Crippen LogP contribution in [0.4, 0.5) is 0 Å². The summed E-state index contributed by atoms with van der Waals surface area (Å²) in [6.07, 6.45) is 34.8. The highest BCUT2D eigenvalue weighted by molar-refractivity contribution is 5.96. The predicted molar refractivity (Wildman–Crippen MR) is 179 cm³/mol. The zero-order chi connectivity index (χ0) is 32.8. The van der Waals surface area contributed by atoms with Crippen molar-refractivity contribution in [1.82, 2.24) is 15.6 Å². The van der Waals surface area contributed by atoms with Gasteiger partial charge in [-0.1, -0.05) is 79.8 Å². The number of amides is 2. The standard InChI is InChI=1S/C36H51N3O6/c1-2-3-4-5-6-7-8-9-10-11-12-13-14-15-16-17-18-19-20-25-34(42)38-27-22-24-33(36(44)45-32(29-40)30-41)39-35(43)31-23-21-26-37-28-31/h3-4,6-7,9-10,12-13,15-16,18-19,21,23,26,28,32-33,40-41H,2,5,8,11,14,17,20,22,24-25,27,29-30H2,1H3,(H,38,42)(H,39,43). The Morgan fingerprint density at radius 1 is 0.844 bits per heavy atom. The predicted octanol–water partition coefficient (Wildman–Crippen LogP) is 5.45. The minimum Gasteiger partial charge on any atom is -0.456 e. The number of aromatic nitrogens is 1. The molecule has 0 aromatic carbocycles. The van der Waals surface area contributed by atoms with Gasteiger partial charge in [-0.2, -0.15) is 0 Å². The van der Waals surface area contributed by atoms with E-state index in [-0.39, 0.29) is 17.9 Å². The van der Waals surface area contributed by atoms with E-state index in [0.29, 0.717) is 25.8 Å². The quantitative estimate of drug-likeness (QED) is 0.0684. The van der Waals surface area contributed by atoms with Crippen molar-refractivity contribution in [3.63, 3.8) is 0 Å². The Balaban J connectivity index is 2.24. The number of hydrogen-bond donors (Lipinski definition) is 4. The first-order valence-electron chi connectivity index (χ1n) is 15.8. The maximum absolute atomic E-state index is 12.6. The number of aliphatic hydroxyl groups excluding tert-OH is 2. The van der Waals surface area contributed by atoms with E-state index in [1.54, 1.807) is 12.1 Å². The SMILES string of the molecule is CCC=CCC=CCC=CCC=CCC=CCC=CCCC(=O)NCCCC(NC(=O)c1cccnc1)C(=O)OC(CO)CO. The molecule has 0 saturated carbocycles. The lowest BCUT2D eigenvalue weighted by Crippen LogP contribution is -2.44. The van der Waals surface area contributed by atoms with E-state index in [4.69, 9.17) is 4.74 Å². The fraction of sp³-hybridized carbons (Fsp3) is 0.444. The van der Waals surface area contributed by atoms with Gasteiger partial charge < -0.3 is 25.6 Å². The van der Waals surface area contributed by atoms with Gasteiger partial charge in [0.2, 0.25) is 5.91 Å². The molecular weight excluding hydrogens is 570 g/mol. The van der Waals surface area contributed by atoms with Crippen molar-refractivity contribution in [1.29, 1.82) is 0 Å². The first-order valence-corrected chi connectivity index (χ1v) is 15.8. The van der Waals surface area contributed by atoms with Crippen molar-refractivity contribution in [2.24, 2.45) is 0 Å². The van der Waals surface area contributed by atoms with Gasteiger partial charge in [0.15, 0.2) is 0 Å². The lowest BCUT2D eigenvalue weighted by atomic mass is 10.1. The third-order valence-electron chi connectivity index (χ3n) is 6.33. The molecule has 45 heavy (non-hydrogen) atoms. The molecule has 1 atom stereocenters. The molecule has 9 nitrogen and oxygen atoms in total. The third-order valence-corrected chi connectivity index (χ3v) is 6.33. The normalized spacial score (nSPS) is 12.9. The molecule has 9 heteroatoms. The molecule has 0 saturated heterocycles. The van der Waals surface area contributed by atoms with Crippen LogP contribution in [-0.2, 0) is 14.3 Å². The number of nitrogens with one attached hydrogen (secondary N) is 2. The summed E-state index contributed by atoms with van der Waals surface area (Å²) in [5.41, 5.74) is 0.277. The summed E-state index contributed by atoms with van der Waals surface area (Å²) in [6, 6.07) is 2.15. The van der Waals surface area contributed by atoms with Gasteiger partial charge in [-0.05, 0) is 69.9 Å². The molecule has 1 unspecified atom stereocenters. The molecule has 1 heterocycles. The van der Waals surface area contributed by atoms with Crippen LogP contribution in [0.25, 0.3) is 0 Å². The second-order valence-electron chi connectivity index (χ2n) is 10.1. The Labute approximate surface area is 268 Å². The zero-order valence-corrected chi connectivity index (χ0v) is 26.6. The molecule has 0 fully saturated rings. The number of carbonyl (C=O) groups is 3. The number of aliphatic hydroxyl groups is 2. The highest BCUT2D eigenvalue weighted by atomic mass is 16.6. The van der Waals surface area contributed by atoms with Gasteiger partial charge in [-0.15, -0.1) is 0 Å². The van der Waals surface area contributed by atoms with Crippen molar-refractivity contribution in [3.05, 3.63) is 103 Å². The third kappa shape index (κ3) is 21.3. The summed E-state index contributed by atoms with van der Waals surface area (Å²) in [5, 5.41) is 23.9. The Bertz CT molecular complexity index is 1120. The van der Waals surface area contributed by atoms with Gasteiger partial charge >= 0.3 is 5.97 Å². The molecule has 1 aromatic heterocycles.